The molecule has 4 aliphatic rings. The molecule has 2 aromatic carbocycles. The Morgan fingerprint density at radius 3 is 1.38 bits per heavy atom. The van der Waals surface area contributed by atoms with E-state index >= 15 is 0 Å². The highest BCUT2D eigenvalue weighted by Crippen LogP contribution is 2.38. The molecule has 0 aliphatic carbocycles. The average Bonchev–Trinajstić information content (AvgIpc) is 3.37. The predicted molar refractivity (Wildman–Crippen MR) is 241 cm³/mol. The van der Waals surface area contributed by atoms with E-state index in [4.69, 9.17) is 47.4 Å². The number of allylic oxidation sites excluding steroid dienone is 2. The average molecular weight is 1020 g/mol. The monoisotopic (exact) mass is 1020 g/mol. The summed E-state index contributed by atoms with van der Waals surface area (Å²) in [6.45, 7) is 1.49. The number of esters is 4. The van der Waals surface area contributed by atoms with Gasteiger partial charge in [-0.2, -0.15) is 0 Å². The van der Waals surface area contributed by atoms with Gasteiger partial charge in [0, 0.05) is 36.0 Å². The van der Waals surface area contributed by atoms with Crippen LogP contribution in [0.3, 0.4) is 0 Å². The Hall–Kier alpha value is -5.64. The molecule has 23 nitrogen and oxygen atoms in total. The number of ether oxygens (including phenoxy) is 10. The molecule has 4 heterocycles. The van der Waals surface area contributed by atoms with E-state index in [1.165, 1.54) is 24.3 Å². The summed E-state index contributed by atoms with van der Waals surface area (Å²) in [7, 11) is 1.14. The summed E-state index contributed by atoms with van der Waals surface area (Å²) >= 11 is 0. The number of aliphatic hydroxyl groups excluding tert-OH is 9. The minimum Gasteiger partial charge on any atom is -0.468 e. The molecule has 14 atom stereocenters. The van der Waals surface area contributed by atoms with Crippen molar-refractivity contribution >= 4 is 23.9 Å². The molecule has 0 spiro atoms. The van der Waals surface area contributed by atoms with Crippen LogP contribution in [-0.4, -0.2) is 177 Å². The number of carbonyl (C=O) groups is 4. The van der Waals surface area contributed by atoms with Gasteiger partial charge in [-0.3, -0.25) is 9.59 Å². The van der Waals surface area contributed by atoms with Crippen molar-refractivity contribution in [2.75, 3.05) is 33.5 Å². The van der Waals surface area contributed by atoms with Crippen molar-refractivity contribution in [2.45, 2.75) is 114 Å². The molecule has 23 heteroatoms. The molecule has 0 aromatic heterocycles. The van der Waals surface area contributed by atoms with Crippen LogP contribution in [0.15, 0.2) is 95.5 Å². The molecule has 394 valence electrons. The van der Waals surface area contributed by atoms with Crippen LogP contribution in [0.2, 0.25) is 0 Å². The van der Waals surface area contributed by atoms with E-state index in [-0.39, 0.29) is 53.4 Å². The second-order valence-corrected chi connectivity index (χ2v) is 16.9. The van der Waals surface area contributed by atoms with Crippen molar-refractivity contribution in [3.63, 3.8) is 0 Å². The third-order valence-electron chi connectivity index (χ3n) is 12.3. The standard InChI is InChI=1S/C49H60O23/c1-4-28-30(32(44(61)63-3)22-65-46(28)71-48-42(59)40(57)38(55)34(20-51)69-48)18-36(53)68-27-12-8-25(9-13-27)15-17-64-45(62)33-23-66-47(72-49-43(60)41(58)39(56)35(21-52)70-49)29(5-2)31(33)19-37(54)67-26-10-6-24(7-11-26)14-16-50/h4-13,22-23,30-31,34-35,38-43,46-52,55-60H,14-21H2,1-3H3/t30-,31-,34+,35+,38+,39+,40-,41-,42+,43+,46-,47-,48-,49-/m0/s1. The lowest BCUT2D eigenvalue weighted by molar-refractivity contribution is -0.327. The topological polar surface area (TPSA) is 343 Å². The summed E-state index contributed by atoms with van der Waals surface area (Å²) in [5.41, 5.74) is 1.72. The fraction of sp³-hybridized carbons (Fsp3) is 0.510. The van der Waals surface area contributed by atoms with Gasteiger partial charge in [-0.1, -0.05) is 36.4 Å². The van der Waals surface area contributed by atoms with Gasteiger partial charge < -0.3 is 93.3 Å². The van der Waals surface area contributed by atoms with Gasteiger partial charge in [0.1, 0.15) is 60.3 Å². The number of methoxy groups -OCH3 is 1. The van der Waals surface area contributed by atoms with E-state index in [0.29, 0.717) is 12.0 Å². The molecule has 0 amide bonds. The molecule has 4 aliphatic heterocycles. The Kier molecular flexibility index (Phi) is 20.0. The first-order chi connectivity index (χ1) is 34.5. The second-order valence-electron chi connectivity index (χ2n) is 16.9. The lowest BCUT2D eigenvalue weighted by Gasteiger charge is -2.41. The molecule has 0 saturated carbocycles. The molecule has 72 heavy (non-hydrogen) atoms. The fourth-order valence-electron chi connectivity index (χ4n) is 8.33. The normalized spacial score (nSPS) is 31.6. The molecule has 9 N–H and O–H groups in total. The highest BCUT2D eigenvalue weighted by Gasteiger charge is 2.49. The summed E-state index contributed by atoms with van der Waals surface area (Å²) in [5.74, 6) is -5.03. The zero-order valence-electron chi connectivity index (χ0n) is 39.4. The van der Waals surface area contributed by atoms with E-state index in [1.807, 2.05) is 0 Å². The number of hydrogen-bond donors (Lipinski definition) is 9. The van der Waals surface area contributed by atoms with Crippen LogP contribution in [-0.2, 0) is 69.9 Å². The van der Waals surface area contributed by atoms with E-state index in [1.54, 1.807) is 50.2 Å². The van der Waals surface area contributed by atoms with Crippen LogP contribution < -0.4 is 9.47 Å². The number of aliphatic hydroxyl groups is 9. The van der Waals surface area contributed by atoms with E-state index in [0.717, 1.165) is 25.2 Å². The van der Waals surface area contributed by atoms with Crippen LogP contribution >= 0.6 is 0 Å². The van der Waals surface area contributed by atoms with Crippen molar-refractivity contribution in [1.82, 2.24) is 0 Å². The van der Waals surface area contributed by atoms with Gasteiger partial charge in [0.2, 0.25) is 12.6 Å². The summed E-state index contributed by atoms with van der Waals surface area (Å²) < 4.78 is 55.7. The number of rotatable bonds is 19. The number of hydrogen-bond acceptors (Lipinski definition) is 23. The third-order valence-corrected chi connectivity index (χ3v) is 12.3. The lowest BCUT2D eigenvalue weighted by Crippen LogP contribution is -2.60. The largest absolute Gasteiger partial charge is 0.468 e. The van der Waals surface area contributed by atoms with Gasteiger partial charge in [0.15, 0.2) is 12.6 Å². The Morgan fingerprint density at radius 1 is 0.569 bits per heavy atom. The first kappa shape index (κ1) is 55.7. The Labute approximate surface area is 412 Å². The zero-order valence-corrected chi connectivity index (χ0v) is 39.4. The first-order valence-electron chi connectivity index (χ1n) is 23.0. The minimum absolute atomic E-state index is 0.0628. The van der Waals surface area contributed by atoms with Gasteiger partial charge in [-0.25, -0.2) is 9.59 Å². The molecule has 0 unspecified atom stereocenters. The molecule has 2 saturated heterocycles. The van der Waals surface area contributed by atoms with Crippen LogP contribution in [0.4, 0.5) is 0 Å². The maximum absolute atomic E-state index is 13.7. The Balaban J connectivity index is 1.09. The van der Waals surface area contributed by atoms with Crippen molar-refractivity contribution in [3.8, 4) is 11.5 Å². The van der Waals surface area contributed by atoms with Gasteiger partial charge in [-0.15, -0.1) is 0 Å². The Bertz CT molecular complexity index is 2290. The number of benzene rings is 2. The quantitative estimate of drug-likeness (QED) is 0.0463. The molecule has 2 aromatic rings. The van der Waals surface area contributed by atoms with Gasteiger partial charge in [-0.05, 0) is 55.7 Å². The highest BCUT2D eigenvalue weighted by molar-refractivity contribution is 5.91. The second kappa shape index (κ2) is 25.8. The molecular weight excluding hydrogens is 957 g/mol. The summed E-state index contributed by atoms with van der Waals surface area (Å²) in [5, 5.41) is 90.7. The van der Waals surface area contributed by atoms with Gasteiger partial charge >= 0.3 is 23.9 Å². The van der Waals surface area contributed by atoms with Crippen LogP contribution in [0, 0.1) is 11.8 Å². The zero-order chi connectivity index (χ0) is 52.2. The predicted octanol–water partition coefficient (Wildman–Crippen LogP) is -0.990. The maximum atomic E-state index is 13.7. The molecule has 0 bridgehead atoms. The van der Waals surface area contributed by atoms with Crippen molar-refractivity contribution in [2.24, 2.45) is 11.8 Å². The first-order valence-corrected chi connectivity index (χ1v) is 23.0. The summed E-state index contributed by atoms with van der Waals surface area (Å²) in [4.78, 5) is 53.4. The lowest BCUT2D eigenvalue weighted by atomic mass is 9.86. The van der Waals surface area contributed by atoms with Crippen LogP contribution in [0.25, 0.3) is 0 Å². The minimum atomic E-state index is -1.78. The molecule has 0 radical (unpaired) electrons. The van der Waals surface area contributed by atoms with Crippen molar-refractivity contribution < 1.29 is 113 Å². The van der Waals surface area contributed by atoms with Crippen molar-refractivity contribution in [1.29, 1.82) is 0 Å². The van der Waals surface area contributed by atoms with E-state index in [9.17, 15) is 65.1 Å². The molecular formula is C49H60O23. The van der Waals surface area contributed by atoms with Crippen LogP contribution in [0.1, 0.15) is 37.8 Å². The molecule has 6 rings (SSSR count). The fourth-order valence-corrected chi connectivity index (χ4v) is 8.33. The van der Waals surface area contributed by atoms with Crippen LogP contribution in [0.5, 0.6) is 11.5 Å². The number of carbonyl (C=O) groups excluding carboxylic acids is 4. The van der Waals surface area contributed by atoms with Crippen molar-refractivity contribution in [3.05, 3.63) is 107 Å². The maximum Gasteiger partial charge on any atom is 0.337 e. The van der Waals surface area contributed by atoms with Gasteiger partial charge in [0.25, 0.3) is 0 Å². The SMILES string of the molecule is CC=C1[C@H](O[C@@H]2O[C@H](CO)[C@@H](O)[C@H](O)[C@H]2O)OC=C(C(=O)OC)[C@H]1CC(=O)Oc1ccc(CCOC(=O)C2=CO[C@@H](O[C@@H]3O[C@H](CO)[C@@H](O)[C@H](O)[C@H]3O)C(=CC)[C@@H]2CC(=O)Oc2ccc(CCO)cc2)cc1. The molecule has 2 fully saturated rings. The highest BCUT2D eigenvalue weighted by atomic mass is 16.8. The third kappa shape index (κ3) is 13.3. The summed E-state index contributed by atoms with van der Waals surface area (Å²) in [6.07, 6.45) is -14.1. The van der Waals surface area contributed by atoms with E-state index < -0.39 is 136 Å². The van der Waals surface area contributed by atoms with E-state index in [2.05, 4.69) is 0 Å². The summed E-state index contributed by atoms with van der Waals surface area (Å²) in [6, 6.07) is 12.7. The smallest absolute Gasteiger partial charge is 0.337 e. The Morgan fingerprint density at radius 2 is 0.986 bits per heavy atom. The van der Waals surface area contributed by atoms with Gasteiger partial charge in [0.05, 0.1) is 63.4 Å².